The smallest absolute Gasteiger partial charge is 0.269 e. The van der Waals surface area contributed by atoms with Crippen molar-refractivity contribution in [2.24, 2.45) is 0 Å². The first-order valence-electron chi connectivity index (χ1n) is 10.6. The molecule has 3 aromatic rings. The van der Waals surface area contributed by atoms with Crippen molar-refractivity contribution in [1.82, 2.24) is 15.3 Å². The highest BCUT2D eigenvalue weighted by Gasteiger charge is 2.44. The molecule has 7 nitrogen and oxygen atoms in total. The van der Waals surface area contributed by atoms with Crippen LogP contribution >= 0.6 is 46.4 Å². The number of hydrogen-bond acceptors (Lipinski definition) is 4. The molecule has 1 aliphatic heterocycles. The second kappa shape index (κ2) is 11.1. The van der Waals surface area contributed by atoms with Crippen molar-refractivity contribution in [3.8, 4) is 0 Å². The van der Waals surface area contributed by atoms with Gasteiger partial charge in [0.05, 0.1) is 13.0 Å². The Morgan fingerprint density at radius 1 is 0.971 bits per heavy atom. The average Bonchev–Trinajstić information content (AvgIpc) is 3.05. The number of halogens is 2. The van der Waals surface area contributed by atoms with E-state index in [-0.39, 0.29) is 29.9 Å². The summed E-state index contributed by atoms with van der Waals surface area (Å²) in [4.78, 5) is 40.5. The van der Waals surface area contributed by atoms with Crippen LogP contribution in [0.4, 0.5) is 5.69 Å². The molecule has 1 atom stereocenters. The Hall–Kier alpha value is -3.02. The highest BCUT2D eigenvalue weighted by atomic mass is 127. The Morgan fingerprint density at radius 3 is 2.29 bits per heavy atom. The molecule has 0 bridgehead atoms. The molecule has 0 saturated carbocycles. The van der Waals surface area contributed by atoms with Crippen LogP contribution in [-0.2, 0) is 16.1 Å². The molecular weight excluding hydrogens is 599 g/mol. The summed E-state index contributed by atoms with van der Waals surface area (Å²) in [6.07, 6.45) is -0.197. The van der Waals surface area contributed by atoms with Crippen molar-refractivity contribution in [3.05, 3.63) is 98.6 Å². The van der Waals surface area contributed by atoms with Crippen molar-refractivity contribution < 1.29 is 14.4 Å². The maximum atomic E-state index is 13.4. The molecule has 2 N–H and O–H groups in total. The van der Waals surface area contributed by atoms with Gasteiger partial charge in [-0.15, -0.1) is 0 Å². The molecule has 1 unspecified atom stereocenters. The predicted octanol–water partition coefficient (Wildman–Crippen LogP) is 4.62. The van der Waals surface area contributed by atoms with E-state index in [2.05, 4.69) is 33.3 Å². The molecule has 1 heterocycles. The average molecular weight is 619 g/mol. The van der Waals surface area contributed by atoms with Crippen LogP contribution in [0.2, 0.25) is 5.02 Å². The summed E-state index contributed by atoms with van der Waals surface area (Å²) < 4.78 is 1.03. The highest BCUT2D eigenvalue weighted by Crippen LogP contribution is 2.23. The minimum atomic E-state index is -0.994. The fourth-order valence-corrected chi connectivity index (χ4v) is 4.37. The van der Waals surface area contributed by atoms with Gasteiger partial charge >= 0.3 is 0 Å². The fourth-order valence-electron chi connectivity index (χ4n) is 3.56. The van der Waals surface area contributed by atoms with Crippen molar-refractivity contribution in [2.45, 2.75) is 19.0 Å². The topological polar surface area (TPSA) is 81.8 Å². The van der Waals surface area contributed by atoms with Crippen LogP contribution in [0.3, 0.4) is 0 Å². The van der Waals surface area contributed by atoms with Gasteiger partial charge in [0.2, 0.25) is 5.91 Å². The van der Waals surface area contributed by atoms with Crippen LogP contribution in [0, 0.1) is 3.57 Å². The van der Waals surface area contributed by atoms with E-state index < -0.39 is 11.9 Å². The van der Waals surface area contributed by atoms with Crippen LogP contribution in [0.15, 0.2) is 78.9 Å². The lowest BCUT2D eigenvalue weighted by Gasteiger charge is -2.24. The standard InChI is InChI=1S/C25H20ClIN4O3S/c26-18-8-6-17(7-9-18)23(33)29-31-21(14-22(32)28-20-12-10-19(27)11-13-20)24(34)30(25(31)35)15-16-4-2-1-3-5-16/h1-13,21H,14-15H2,(H,28,32)(H,29,33). The molecule has 10 heteroatoms. The van der Waals surface area contributed by atoms with Crippen molar-refractivity contribution in [3.63, 3.8) is 0 Å². The zero-order valence-corrected chi connectivity index (χ0v) is 22.0. The highest BCUT2D eigenvalue weighted by molar-refractivity contribution is 14.1. The maximum Gasteiger partial charge on any atom is 0.269 e. The second-order valence-electron chi connectivity index (χ2n) is 7.79. The van der Waals surface area contributed by atoms with Gasteiger partial charge in [0, 0.05) is 19.8 Å². The number of thiocarbonyl (C=S) groups is 1. The summed E-state index contributed by atoms with van der Waals surface area (Å²) in [5.41, 5.74) is 4.53. The van der Waals surface area contributed by atoms with Gasteiger partial charge in [-0.1, -0.05) is 41.9 Å². The molecule has 3 amide bonds. The van der Waals surface area contributed by atoms with E-state index in [1.807, 2.05) is 42.5 Å². The molecule has 1 fully saturated rings. The Bertz CT molecular complexity index is 1260. The summed E-state index contributed by atoms with van der Waals surface area (Å²) in [6.45, 7) is 0.223. The van der Waals surface area contributed by atoms with Gasteiger partial charge in [-0.3, -0.25) is 24.7 Å². The Balaban J connectivity index is 1.55. The van der Waals surface area contributed by atoms with E-state index in [1.165, 1.54) is 9.91 Å². The van der Waals surface area contributed by atoms with Crippen LogP contribution in [0.1, 0.15) is 22.3 Å². The number of carbonyl (C=O) groups is 3. The zero-order chi connectivity index (χ0) is 24.9. The van der Waals surface area contributed by atoms with Crippen LogP contribution in [0.25, 0.3) is 0 Å². The van der Waals surface area contributed by atoms with E-state index in [0.29, 0.717) is 16.3 Å². The normalized spacial score (nSPS) is 15.3. The number of carbonyl (C=O) groups excluding carboxylic acids is 3. The Labute approximate surface area is 226 Å². The molecule has 35 heavy (non-hydrogen) atoms. The number of benzene rings is 3. The molecule has 178 valence electrons. The Morgan fingerprint density at radius 2 is 1.63 bits per heavy atom. The van der Waals surface area contributed by atoms with Gasteiger partial charge in [0.1, 0.15) is 6.04 Å². The van der Waals surface area contributed by atoms with Gasteiger partial charge in [-0.05, 0) is 88.9 Å². The van der Waals surface area contributed by atoms with Gasteiger partial charge in [0.15, 0.2) is 5.11 Å². The lowest BCUT2D eigenvalue weighted by molar-refractivity contribution is -0.131. The monoisotopic (exact) mass is 618 g/mol. The molecule has 0 aromatic heterocycles. The fraction of sp³-hybridized carbons (Fsp3) is 0.120. The molecule has 1 saturated heterocycles. The van der Waals surface area contributed by atoms with E-state index in [1.54, 1.807) is 36.4 Å². The number of rotatable bonds is 7. The third-order valence-electron chi connectivity index (χ3n) is 5.32. The van der Waals surface area contributed by atoms with Gasteiger partial charge < -0.3 is 5.32 Å². The second-order valence-corrected chi connectivity index (χ2v) is 9.83. The lowest BCUT2D eigenvalue weighted by Crippen LogP contribution is -2.49. The van der Waals surface area contributed by atoms with Gasteiger partial charge in [-0.2, -0.15) is 0 Å². The number of nitrogens with one attached hydrogen (secondary N) is 2. The molecule has 1 aliphatic rings. The van der Waals surface area contributed by atoms with Crippen LogP contribution in [-0.4, -0.2) is 38.8 Å². The third-order valence-corrected chi connectivity index (χ3v) is 6.71. The molecule has 0 radical (unpaired) electrons. The van der Waals surface area contributed by atoms with E-state index in [0.717, 1.165) is 9.13 Å². The minimum Gasteiger partial charge on any atom is -0.326 e. The van der Waals surface area contributed by atoms with Gasteiger partial charge in [-0.25, -0.2) is 5.01 Å². The first-order chi connectivity index (χ1) is 16.8. The van der Waals surface area contributed by atoms with Gasteiger partial charge in [0.25, 0.3) is 11.8 Å². The number of hydrogen-bond donors (Lipinski definition) is 2. The lowest BCUT2D eigenvalue weighted by atomic mass is 10.1. The quantitative estimate of drug-likeness (QED) is 0.299. The zero-order valence-electron chi connectivity index (χ0n) is 18.3. The summed E-state index contributed by atoms with van der Waals surface area (Å²) in [6, 6.07) is 22.0. The van der Waals surface area contributed by atoms with Crippen LogP contribution < -0.4 is 10.7 Å². The van der Waals surface area contributed by atoms with E-state index in [4.69, 9.17) is 23.8 Å². The van der Waals surface area contributed by atoms with E-state index >= 15 is 0 Å². The number of amides is 3. The molecular formula is C25H20ClIN4O3S. The molecule has 0 aliphatic carbocycles. The predicted molar refractivity (Wildman–Crippen MR) is 147 cm³/mol. The van der Waals surface area contributed by atoms with Crippen LogP contribution in [0.5, 0.6) is 0 Å². The summed E-state index contributed by atoms with van der Waals surface area (Å²) in [5.74, 6) is -1.21. The van der Waals surface area contributed by atoms with Crippen molar-refractivity contribution in [1.29, 1.82) is 0 Å². The summed E-state index contributed by atoms with van der Waals surface area (Å²) >= 11 is 13.7. The number of nitrogens with zero attached hydrogens (tertiary/aromatic N) is 2. The summed E-state index contributed by atoms with van der Waals surface area (Å²) in [5, 5.41) is 4.71. The number of hydrazine groups is 1. The first-order valence-corrected chi connectivity index (χ1v) is 12.5. The SMILES string of the molecule is O=C(CC1C(=O)N(Cc2ccccc2)C(=S)N1NC(=O)c1ccc(Cl)cc1)Nc1ccc(I)cc1. The molecule has 3 aromatic carbocycles. The largest absolute Gasteiger partial charge is 0.326 e. The van der Waals surface area contributed by atoms with Crippen molar-refractivity contribution >= 4 is 74.9 Å². The van der Waals surface area contributed by atoms with Crippen molar-refractivity contribution in [2.75, 3.05) is 5.32 Å². The first kappa shape index (κ1) is 25.1. The molecule has 4 rings (SSSR count). The third kappa shape index (κ3) is 6.16. The molecule has 0 spiro atoms. The maximum absolute atomic E-state index is 13.4. The summed E-state index contributed by atoms with van der Waals surface area (Å²) in [7, 11) is 0. The minimum absolute atomic E-state index is 0.119. The number of anilines is 1. The Kier molecular flexibility index (Phi) is 7.99. The van der Waals surface area contributed by atoms with E-state index in [9.17, 15) is 14.4 Å².